The topological polar surface area (TPSA) is 26.3 Å². The molecule has 2 aromatic carbocycles. The number of carbonyl (C=O) groups excluding carboxylic acids is 1. The van der Waals surface area contributed by atoms with Gasteiger partial charge in [-0.1, -0.05) is 81.3 Å². The first-order valence-corrected chi connectivity index (χ1v) is 9.81. The summed E-state index contributed by atoms with van der Waals surface area (Å²) in [4.78, 5) is 12.7. The van der Waals surface area contributed by atoms with Gasteiger partial charge in [0, 0.05) is 12.0 Å². The highest BCUT2D eigenvalue weighted by Gasteiger charge is 2.37. The lowest BCUT2D eigenvalue weighted by Gasteiger charge is -2.23. The SMILES string of the molecule is CCC(C)C1OCC(CC(=O)c2ccc(-c3ccc(C)cc3)cc2)C1C. The zero-order valence-corrected chi connectivity index (χ0v) is 16.4. The van der Waals surface area contributed by atoms with Crippen molar-refractivity contribution in [3.05, 3.63) is 59.7 Å². The molecule has 3 rings (SSSR count). The average molecular weight is 351 g/mol. The van der Waals surface area contributed by atoms with Gasteiger partial charge in [0.2, 0.25) is 0 Å². The first kappa shape index (κ1) is 18.8. The Labute approximate surface area is 157 Å². The third-order valence-corrected chi connectivity index (χ3v) is 6.01. The molecule has 2 nitrogen and oxygen atoms in total. The number of ketones is 1. The summed E-state index contributed by atoms with van der Waals surface area (Å²) in [5.41, 5.74) is 4.39. The second-order valence-electron chi connectivity index (χ2n) is 7.87. The number of carbonyl (C=O) groups is 1. The quantitative estimate of drug-likeness (QED) is 0.603. The maximum atomic E-state index is 12.7. The van der Waals surface area contributed by atoms with E-state index in [1.54, 1.807) is 0 Å². The van der Waals surface area contributed by atoms with Crippen LogP contribution in [0.5, 0.6) is 0 Å². The number of Topliss-reactive ketones (excluding diaryl/α,β-unsaturated/α-hetero) is 1. The summed E-state index contributed by atoms with van der Waals surface area (Å²) in [7, 11) is 0. The monoisotopic (exact) mass is 350 g/mol. The predicted octanol–water partition coefficient (Wildman–Crippen LogP) is 5.93. The van der Waals surface area contributed by atoms with Gasteiger partial charge in [-0.25, -0.2) is 0 Å². The Bertz CT molecular complexity index is 730. The number of hydrogen-bond donors (Lipinski definition) is 0. The summed E-state index contributed by atoms with van der Waals surface area (Å²) in [6.07, 6.45) is 2.00. The fraction of sp³-hybridized carbons (Fsp3) is 0.458. The van der Waals surface area contributed by atoms with E-state index in [4.69, 9.17) is 4.74 Å². The zero-order chi connectivity index (χ0) is 18.7. The van der Waals surface area contributed by atoms with E-state index in [1.807, 2.05) is 12.1 Å². The molecular weight excluding hydrogens is 320 g/mol. The molecule has 2 heteroatoms. The molecule has 0 amide bonds. The summed E-state index contributed by atoms with van der Waals surface area (Å²) in [6, 6.07) is 16.5. The number of benzene rings is 2. The van der Waals surface area contributed by atoms with Gasteiger partial charge in [0.1, 0.15) is 0 Å². The molecule has 2 aromatic rings. The van der Waals surface area contributed by atoms with Crippen molar-refractivity contribution < 1.29 is 9.53 Å². The first-order valence-electron chi connectivity index (χ1n) is 9.81. The minimum Gasteiger partial charge on any atom is -0.377 e. The van der Waals surface area contributed by atoms with Crippen molar-refractivity contribution in [2.45, 2.75) is 46.6 Å². The van der Waals surface area contributed by atoms with E-state index < -0.39 is 0 Å². The summed E-state index contributed by atoms with van der Waals surface area (Å²) >= 11 is 0. The Morgan fingerprint density at radius 3 is 2.23 bits per heavy atom. The first-order chi connectivity index (χ1) is 12.5. The van der Waals surface area contributed by atoms with Crippen molar-refractivity contribution in [2.75, 3.05) is 6.61 Å². The lowest BCUT2D eigenvalue weighted by Crippen LogP contribution is -2.25. The summed E-state index contributed by atoms with van der Waals surface area (Å²) in [5, 5.41) is 0. The zero-order valence-electron chi connectivity index (χ0n) is 16.4. The highest BCUT2D eigenvalue weighted by molar-refractivity contribution is 5.96. The van der Waals surface area contributed by atoms with Crippen molar-refractivity contribution in [1.82, 2.24) is 0 Å². The molecule has 0 bridgehead atoms. The van der Waals surface area contributed by atoms with Crippen LogP contribution in [0, 0.1) is 24.7 Å². The van der Waals surface area contributed by atoms with Crippen LogP contribution in [0.15, 0.2) is 48.5 Å². The molecule has 0 radical (unpaired) electrons. The number of rotatable bonds is 6. The summed E-state index contributed by atoms with van der Waals surface area (Å²) in [5.74, 6) is 1.56. The van der Waals surface area contributed by atoms with E-state index in [-0.39, 0.29) is 5.78 Å². The molecule has 0 aliphatic carbocycles. The highest BCUT2D eigenvalue weighted by Crippen LogP contribution is 2.35. The van der Waals surface area contributed by atoms with Gasteiger partial charge in [-0.05, 0) is 35.8 Å². The van der Waals surface area contributed by atoms with E-state index in [2.05, 4.69) is 64.1 Å². The molecule has 1 aliphatic heterocycles. The summed E-state index contributed by atoms with van der Waals surface area (Å²) < 4.78 is 6.00. The molecule has 1 saturated heterocycles. The number of hydrogen-bond acceptors (Lipinski definition) is 2. The van der Waals surface area contributed by atoms with Crippen molar-refractivity contribution in [1.29, 1.82) is 0 Å². The van der Waals surface area contributed by atoms with Gasteiger partial charge >= 0.3 is 0 Å². The van der Waals surface area contributed by atoms with E-state index in [1.165, 1.54) is 11.1 Å². The molecule has 138 valence electrons. The minimum absolute atomic E-state index is 0.228. The molecule has 0 aromatic heterocycles. The third kappa shape index (κ3) is 4.07. The highest BCUT2D eigenvalue weighted by atomic mass is 16.5. The Morgan fingerprint density at radius 2 is 1.65 bits per heavy atom. The standard InChI is InChI=1S/C24H30O2/c1-5-17(3)24-18(4)22(15-26-24)14-23(25)21-12-10-20(11-13-21)19-8-6-16(2)7-9-19/h6-13,17-18,22,24H,5,14-15H2,1-4H3. The molecule has 0 N–H and O–H groups in total. The molecule has 4 atom stereocenters. The Hall–Kier alpha value is -1.93. The van der Waals surface area contributed by atoms with Gasteiger partial charge in [-0.15, -0.1) is 0 Å². The predicted molar refractivity (Wildman–Crippen MR) is 107 cm³/mol. The second kappa shape index (κ2) is 8.18. The summed E-state index contributed by atoms with van der Waals surface area (Å²) in [6.45, 7) is 9.49. The molecule has 0 spiro atoms. The number of aryl methyl sites for hydroxylation is 1. The maximum Gasteiger partial charge on any atom is 0.163 e. The third-order valence-electron chi connectivity index (χ3n) is 6.01. The minimum atomic E-state index is 0.228. The largest absolute Gasteiger partial charge is 0.377 e. The van der Waals surface area contributed by atoms with Crippen LogP contribution in [0.25, 0.3) is 11.1 Å². The second-order valence-corrected chi connectivity index (χ2v) is 7.87. The van der Waals surface area contributed by atoms with Crippen molar-refractivity contribution in [2.24, 2.45) is 17.8 Å². The Balaban J connectivity index is 1.64. The van der Waals surface area contributed by atoms with E-state index in [9.17, 15) is 4.79 Å². The van der Waals surface area contributed by atoms with Crippen LogP contribution in [0.3, 0.4) is 0 Å². The van der Waals surface area contributed by atoms with Gasteiger partial charge < -0.3 is 4.74 Å². The lowest BCUT2D eigenvalue weighted by atomic mass is 9.82. The molecule has 1 aliphatic rings. The molecule has 0 saturated carbocycles. The van der Waals surface area contributed by atoms with E-state index in [0.717, 1.165) is 17.5 Å². The van der Waals surface area contributed by atoms with Gasteiger partial charge in [0.05, 0.1) is 12.7 Å². The molecule has 1 heterocycles. The van der Waals surface area contributed by atoms with Crippen LogP contribution < -0.4 is 0 Å². The van der Waals surface area contributed by atoms with Crippen LogP contribution in [0.2, 0.25) is 0 Å². The molecule has 26 heavy (non-hydrogen) atoms. The van der Waals surface area contributed by atoms with Crippen molar-refractivity contribution >= 4 is 5.78 Å². The van der Waals surface area contributed by atoms with Gasteiger partial charge in [0.25, 0.3) is 0 Å². The van der Waals surface area contributed by atoms with Crippen LogP contribution in [-0.4, -0.2) is 18.5 Å². The van der Waals surface area contributed by atoms with Crippen LogP contribution in [0.4, 0.5) is 0 Å². The molecule has 4 unspecified atom stereocenters. The fourth-order valence-electron chi connectivity index (χ4n) is 3.92. The van der Waals surface area contributed by atoms with Crippen LogP contribution in [-0.2, 0) is 4.74 Å². The van der Waals surface area contributed by atoms with Gasteiger partial charge in [-0.3, -0.25) is 4.79 Å². The number of ether oxygens (including phenoxy) is 1. The van der Waals surface area contributed by atoms with Gasteiger partial charge in [0.15, 0.2) is 5.78 Å². The maximum absolute atomic E-state index is 12.7. The smallest absolute Gasteiger partial charge is 0.163 e. The Kier molecular flexibility index (Phi) is 5.93. The molecular formula is C24H30O2. The fourth-order valence-corrected chi connectivity index (χ4v) is 3.92. The average Bonchev–Trinajstić information content (AvgIpc) is 3.02. The lowest BCUT2D eigenvalue weighted by molar-refractivity contribution is 0.0498. The molecule has 1 fully saturated rings. The van der Waals surface area contributed by atoms with E-state index >= 15 is 0 Å². The normalized spacial score (nSPS) is 23.8. The van der Waals surface area contributed by atoms with Gasteiger partial charge in [-0.2, -0.15) is 0 Å². The van der Waals surface area contributed by atoms with Crippen molar-refractivity contribution in [3.63, 3.8) is 0 Å². The van der Waals surface area contributed by atoms with Crippen LogP contribution in [0.1, 0.15) is 49.5 Å². The Morgan fingerprint density at radius 1 is 1.08 bits per heavy atom. The van der Waals surface area contributed by atoms with E-state index in [0.29, 0.717) is 36.9 Å². The van der Waals surface area contributed by atoms with Crippen molar-refractivity contribution in [3.8, 4) is 11.1 Å². The van der Waals surface area contributed by atoms with Crippen LogP contribution >= 0.6 is 0 Å².